The normalized spacial score (nSPS) is 13.0. The van der Waals surface area contributed by atoms with Crippen molar-refractivity contribution in [1.82, 2.24) is 20.2 Å². The van der Waals surface area contributed by atoms with E-state index in [2.05, 4.69) is 27.5 Å². The predicted molar refractivity (Wildman–Crippen MR) is 113 cm³/mol. The standard InChI is InChI=1S/C21H19N5O2S/c1-15-18(29-21(24-15)25-12-2-3-13-25)19(27)22-10-4-5-16-6-8-17(9-7-16)26-14-11-23-20(26)28/h2-3,6-9,12-13H,10-11,14H2,1H3,(H,22,27)(H,23,28). The van der Waals surface area contributed by atoms with Gasteiger partial charge in [-0.05, 0) is 43.3 Å². The van der Waals surface area contributed by atoms with Crippen molar-refractivity contribution in [3.8, 4) is 17.0 Å². The second-order valence-corrected chi connectivity index (χ2v) is 7.39. The van der Waals surface area contributed by atoms with Crippen LogP contribution in [0.2, 0.25) is 0 Å². The van der Waals surface area contributed by atoms with Crippen molar-refractivity contribution < 1.29 is 9.59 Å². The third kappa shape index (κ3) is 4.15. The number of rotatable bonds is 4. The molecule has 29 heavy (non-hydrogen) atoms. The highest BCUT2D eigenvalue weighted by molar-refractivity contribution is 7.16. The molecule has 4 rings (SSSR count). The van der Waals surface area contributed by atoms with E-state index in [1.807, 2.05) is 60.3 Å². The van der Waals surface area contributed by atoms with E-state index < -0.39 is 0 Å². The number of thiazole rings is 1. The lowest BCUT2D eigenvalue weighted by atomic mass is 10.2. The van der Waals surface area contributed by atoms with Gasteiger partial charge in [0.1, 0.15) is 4.88 Å². The van der Waals surface area contributed by atoms with Gasteiger partial charge in [0.15, 0.2) is 5.13 Å². The predicted octanol–water partition coefficient (Wildman–Crippen LogP) is 2.55. The minimum atomic E-state index is -0.178. The Morgan fingerprint density at radius 2 is 2.03 bits per heavy atom. The van der Waals surface area contributed by atoms with Crippen LogP contribution in [-0.2, 0) is 0 Å². The van der Waals surface area contributed by atoms with Gasteiger partial charge >= 0.3 is 6.03 Å². The molecular weight excluding hydrogens is 386 g/mol. The number of anilines is 1. The van der Waals surface area contributed by atoms with Crippen molar-refractivity contribution in [2.45, 2.75) is 6.92 Å². The molecule has 1 aliphatic rings. The van der Waals surface area contributed by atoms with Crippen molar-refractivity contribution >= 4 is 29.0 Å². The Labute approximate surface area is 172 Å². The second kappa shape index (κ2) is 8.20. The SMILES string of the molecule is Cc1nc(-n2cccc2)sc1C(=O)NCC#Cc1ccc(N2CCNC2=O)cc1. The van der Waals surface area contributed by atoms with Crippen LogP contribution in [0.5, 0.6) is 0 Å². The molecule has 7 nitrogen and oxygen atoms in total. The maximum absolute atomic E-state index is 12.4. The molecule has 0 saturated carbocycles. The zero-order valence-corrected chi connectivity index (χ0v) is 16.6. The number of nitrogens with one attached hydrogen (secondary N) is 2. The van der Waals surface area contributed by atoms with Gasteiger partial charge in [-0.2, -0.15) is 0 Å². The summed E-state index contributed by atoms with van der Waals surface area (Å²) >= 11 is 1.35. The maximum atomic E-state index is 12.4. The van der Waals surface area contributed by atoms with Gasteiger partial charge in [0, 0.05) is 36.7 Å². The fourth-order valence-electron chi connectivity index (χ4n) is 2.96. The summed E-state index contributed by atoms with van der Waals surface area (Å²) in [5.41, 5.74) is 2.37. The third-order valence-corrected chi connectivity index (χ3v) is 5.59. The van der Waals surface area contributed by atoms with Crippen LogP contribution in [0.4, 0.5) is 10.5 Å². The smallest absolute Gasteiger partial charge is 0.321 e. The largest absolute Gasteiger partial charge is 0.340 e. The molecule has 3 amide bonds. The molecule has 3 heterocycles. The van der Waals surface area contributed by atoms with Crippen molar-refractivity contribution in [2.75, 3.05) is 24.5 Å². The Hall–Kier alpha value is -3.57. The van der Waals surface area contributed by atoms with Crippen LogP contribution < -0.4 is 15.5 Å². The third-order valence-electron chi connectivity index (χ3n) is 4.42. The fraction of sp³-hybridized carbons (Fsp3) is 0.190. The lowest BCUT2D eigenvalue weighted by Crippen LogP contribution is -2.27. The van der Waals surface area contributed by atoms with Gasteiger partial charge in [-0.3, -0.25) is 9.69 Å². The average molecular weight is 405 g/mol. The average Bonchev–Trinajstić information content (AvgIpc) is 3.46. The molecule has 0 atom stereocenters. The Bertz CT molecular complexity index is 1090. The van der Waals surface area contributed by atoms with Crippen molar-refractivity contribution in [3.05, 3.63) is 64.9 Å². The first-order valence-electron chi connectivity index (χ1n) is 9.15. The van der Waals surface area contributed by atoms with E-state index in [0.29, 0.717) is 23.7 Å². The van der Waals surface area contributed by atoms with Gasteiger partial charge in [-0.1, -0.05) is 23.2 Å². The molecule has 1 fully saturated rings. The summed E-state index contributed by atoms with van der Waals surface area (Å²) in [6.45, 7) is 3.39. The summed E-state index contributed by atoms with van der Waals surface area (Å²) in [5, 5.41) is 6.35. The van der Waals surface area contributed by atoms with Crippen LogP contribution in [-0.4, -0.2) is 41.1 Å². The van der Waals surface area contributed by atoms with Crippen molar-refractivity contribution in [3.63, 3.8) is 0 Å². The molecule has 0 spiro atoms. The van der Waals surface area contributed by atoms with E-state index in [0.717, 1.165) is 16.4 Å². The fourth-order valence-corrected chi connectivity index (χ4v) is 3.91. The van der Waals surface area contributed by atoms with Crippen molar-refractivity contribution in [2.24, 2.45) is 0 Å². The van der Waals surface area contributed by atoms with E-state index in [1.165, 1.54) is 11.3 Å². The van der Waals surface area contributed by atoms with Crippen LogP contribution in [0.1, 0.15) is 20.9 Å². The van der Waals surface area contributed by atoms with E-state index in [4.69, 9.17) is 0 Å². The molecule has 1 saturated heterocycles. The molecule has 2 aromatic heterocycles. The molecule has 8 heteroatoms. The van der Waals surface area contributed by atoms with Crippen LogP contribution >= 0.6 is 11.3 Å². The van der Waals surface area contributed by atoms with Crippen LogP contribution in [0.15, 0.2) is 48.8 Å². The second-order valence-electron chi connectivity index (χ2n) is 6.42. The molecule has 1 aromatic carbocycles. The van der Waals surface area contributed by atoms with Gasteiger partial charge < -0.3 is 15.2 Å². The van der Waals surface area contributed by atoms with E-state index >= 15 is 0 Å². The maximum Gasteiger partial charge on any atom is 0.321 e. The molecular formula is C21H19N5O2S. The van der Waals surface area contributed by atoms with Gasteiger partial charge in [0.05, 0.1) is 12.2 Å². The number of aryl methyl sites for hydroxylation is 1. The lowest BCUT2D eigenvalue weighted by molar-refractivity contribution is 0.0962. The van der Waals surface area contributed by atoms with Crippen LogP contribution in [0.25, 0.3) is 5.13 Å². The zero-order chi connectivity index (χ0) is 20.2. The number of carbonyl (C=O) groups excluding carboxylic acids is 2. The topological polar surface area (TPSA) is 79.3 Å². The van der Waals surface area contributed by atoms with E-state index in [-0.39, 0.29) is 18.5 Å². The molecule has 0 unspecified atom stereocenters. The first-order chi connectivity index (χ1) is 14.1. The highest BCUT2D eigenvalue weighted by Gasteiger charge is 2.20. The highest BCUT2D eigenvalue weighted by Crippen LogP contribution is 2.21. The minimum absolute atomic E-state index is 0.0789. The number of carbonyl (C=O) groups is 2. The summed E-state index contributed by atoms with van der Waals surface area (Å²) in [6.07, 6.45) is 3.79. The zero-order valence-electron chi connectivity index (χ0n) is 15.8. The highest BCUT2D eigenvalue weighted by atomic mass is 32.1. The first kappa shape index (κ1) is 18.8. The number of nitrogens with zero attached hydrogens (tertiary/aromatic N) is 3. The number of benzene rings is 1. The molecule has 0 bridgehead atoms. The number of hydrogen-bond acceptors (Lipinski definition) is 4. The van der Waals surface area contributed by atoms with Crippen LogP contribution in [0.3, 0.4) is 0 Å². The van der Waals surface area contributed by atoms with Gasteiger partial charge in [0.25, 0.3) is 5.91 Å². The number of hydrogen-bond donors (Lipinski definition) is 2. The summed E-state index contributed by atoms with van der Waals surface area (Å²) in [5.74, 6) is 5.80. The summed E-state index contributed by atoms with van der Waals surface area (Å²) in [6, 6.07) is 11.2. The minimum Gasteiger partial charge on any atom is -0.340 e. The molecule has 146 valence electrons. The molecule has 1 aliphatic heterocycles. The molecule has 3 aromatic rings. The van der Waals surface area contributed by atoms with E-state index in [1.54, 1.807) is 4.90 Å². The number of amides is 3. The Kier molecular flexibility index (Phi) is 5.31. The summed E-state index contributed by atoms with van der Waals surface area (Å²) in [7, 11) is 0. The van der Waals surface area contributed by atoms with Gasteiger partial charge in [-0.15, -0.1) is 0 Å². The summed E-state index contributed by atoms with van der Waals surface area (Å²) < 4.78 is 1.88. The summed E-state index contributed by atoms with van der Waals surface area (Å²) in [4.78, 5) is 30.8. The first-order valence-corrected chi connectivity index (χ1v) is 9.97. The number of aromatic nitrogens is 2. The Morgan fingerprint density at radius 3 is 2.72 bits per heavy atom. The molecule has 0 aliphatic carbocycles. The van der Waals surface area contributed by atoms with E-state index in [9.17, 15) is 9.59 Å². The molecule has 0 radical (unpaired) electrons. The van der Waals surface area contributed by atoms with Crippen LogP contribution in [0, 0.1) is 18.8 Å². The number of urea groups is 1. The monoisotopic (exact) mass is 405 g/mol. The lowest BCUT2D eigenvalue weighted by Gasteiger charge is -2.13. The molecule has 2 N–H and O–H groups in total. The van der Waals surface area contributed by atoms with Gasteiger partial charge in [0.2, 0.25) is 0 Å². The van der Waals surface area contributed by atoms with Gasteiger partial charge in [-0.25, -0.2) is 9.78 Å². The Morgan fingerprint density at radius 1 is 1.28 bits per heavy atom. The quantitative estimate of drug-likeness (QED) is 0.655. The Balaban J connectivity index is 1.34. The van der Waals surface area contributed by atoms with Crippen molar-refractivity contribution in [1.29, 1.82) is 0 Å².